The molecule has 109 heavy (non-hydrogen) atoms. The molecule has 0 aliphatic heterocycles. The minimum Gasteiger partial charge on any atom is -1.00 e. The molecule has 0 amide bonds. The van der Waals surface area contributed by atoms with E-state index in [4.69, 9.17) is 86.8 Å². The van der Waals surface area contributed by atoms with Crippen LogP contribution in [0.1, 0.15) is 147 Å². The Balaban J connectivity index is 0.000000451. The Morgan fingerprint density at radius 1 is 0.651 bits per heavy atom. The van der Waals surface area contributed by atoms with Gasteiger partial charge in [-0.25, -0.2) is 24.6 Å². The predicted octanol–water partition coefficient (Wildman–Crippen LogP) is 9.15. The molecule has 0 bridgehead atoms. The second-order valence-electron chi connectivity index (χ2n) is 26.1. The van der Waals surface area contributed by atoms with Crippen molar-refractivity contribution in [3.63, 3.8) is 0 Å². The third-order valence-corrected chi connectivity index (χ3v) is 20.3. The maximum Gasteiger partial charge on any atom is 0.373 e. The summed E-state index contributed by atoms with van der Waals surface area (Å²) in [6.07, 6.45) is 22.2. The monoisotopic (exact) mass is 1620 g/mol. The molecule has 7 heterocycles. The van der Waals surface area contributed by atoms with E-state index in [1.165, 1.54) is 25.7 Å². The number of hydrogen-bond donors (Lipinski definition) is 3. The van der Waals surface area contributed by atoms with Gasteiger partial charge in [0, 0.05) is 56.6 Å². The molecule has 4 unspecified atom stereocenters. The van der Waals surface area contributed by atoms with Crippen molar-refractivity contribution in [1.29, 1.82) is 10.5 Å². The molecule has 3 saturated carbocycles. The van der Waals surface area contributed by atoms with Crippen molar-refractivity contribution >= 4 is 60.8 Å². The number of nitrogen functional groups attached to an aromatic ring is 2. The molecule has 29 nitrogen and oxygen atoms in total. The van der Waals surface area contributed by atoms with Crippen molar-refractivity contribution in [3.05, 3.63) is 219 Å². The lowest BCUT2D eigenvalue weighted by molar-refractivity contribution is -0.193. The van der Waals surface area contributed by atoms with E-state index in [2.05, 4.69) is 127 Å². The first-order valence-electron chi connectivity index (χ1n) is 33.2. The molecule has 5 N–H and O–H groups in total. The van der Waals surface area contributed by atoms with Gasteiger partial charge in [-0.15, -0.1) is 15.7 Å². The second-order valence-corrected chi connectivity index (χ2v) is 34.4. The van der Waals surface area contributed by atoms with Gasteiger partial charge >= 0.3 is 24.6 Å². The zero-order chi connectivity index (χ0) is 80.4. The number of terminal acetylenes is 1. The molecule has 12 rings (SSSR count). The SMILES string of the molecule is C#Cc1cc(-c2cccc(C#N)c2)nc(N)n1.C/C=C/c1cccc(CO[Si](C)(C)C(C)(C)C)n1.CC1CC1c1cccc(CN=[N+]=[N-])n1.CC1CC1c1cccc(CO)n1.C[S+](C)(C)=O.N#Cc1cccc(-c2cc(-c3cn(Cc4cccc(C5CC5)n4)nn3)nc(N)n2)c1.O=C=O.O=C=O.O=C=O.O=C=O.[I-]. The first-order valence-corrected chi connectivity index (χ1v) is 38.9. The minimum absolute atomic E-state index is 0. The van der Waals surface area contributed by atoms with Gasteiger partial charge in [0.1, 0.15) is 30.2 Å². The van der Waals surface area contributed by atoms with Gasteiger partial charge in [-0.3, -0.25) is 19.9 Å². The number of nitrogens with zero attached hydrogens (tertiary/aromatic N) is 16. The number of aliphatic hydroxyl groups is 1. The summed E-state index contributed by atoms with van der Waals surface area (Å²) < 4.78 is 18.1. The summed E-state index contributed by atoms with van der Waals surface area (Å²) in [5, 5.41) is 39.0. The van der Waals surface area contributed by atoms with Crippen LogP contribution < -0.4 is 35.4 Å². The molecule has 0 spiro atoms. The van der Waals surface area contributed by atoms with Crippen LogP contribution in [0.3, 0.4) is 0 Å². The van der Waals surface area contributed by atoms with Gasteiger partial charge in [-0.1, -0.05) is 105 Å². The fourth-order valence-electron chi connectivity index (χ4n) is 9.25. The van der Waals surface area contributed by atoms with Crippen LogP contribution in [0.5, 0.6) is 0 Å². The van der Waals surface area contributed by atoms with Gasteiger partial charge in [0.05, 0.1) is 106 Å². The van der Waals surface area contributed by atoms with Crippen molar-refractivity contribution in [2.75, 3.05) is 30.2 Å². The highest BCUT2D eigenvalue weighted by Crippen LogP contribution is 2.47. The van der Waals surface area contributed by atoms with E-state index in [0.717, 1.165) is 68.5 Å². The molecule has 9 aromatic rings. The number of halogens is 1. The number of hydrogen-bond acceptors (Lipinski definition) is 26. The molecule has 0 radical (unpaired) electrons. The Labute approximate surface area is 651 Å². The quantitative estimate of drug-likeness (QED) is 0.0164. The zero-order valence-corrected chi connectivity index (χ0v) is 66.2. The summed E-state index contributed by atoms with van der Waals surface area (Å²) in [6, 6.07) is 45.9. The first kappa shape index (κ1) is 93.1. The number of aromatic nitrogens is 11. The molecule has 7 aromatic heterocycles. The smallest absolute Gasteiger partial charge is 0.373 e. The number of nitrogens with two attached hydrogens (primary N) is 2. The number of rotatable bonds is 15. The second kappa shape index (κ2) is 48.3. The maximum absolute atomic E-state index is 10.2. The Kier molecular flexibility index (Phi) is 41.3. The number of carbonyl (C=O) groups excluding carboxylic acids is 8. The summed E-state index contributed by atoms with van der Waals surface area (Å²) in [7, 11) is -3.10. The topological polar surface area (TPSA) is 465 Å². The van der Waals surface area contributed by atoms with Crippen LogP contribution in [0, 0.1) is 46.8 Å². The molecule has 566 valence electrons. The highest BCUT2D eigenvalue weighted by atomic mass is 127. The van der Waals surface area contributed by atoms with Crippen molar-refractivity contribution in [2.24, 2.45) is 17.0 Å². The molecule has 3 aliphatic carbocycles. The Hall–Kier alpha value is -11.9. The van der Waals surface area contributed by atoms with Crippen molar-refractivity contribution in [2.45, 2.75) is 129 Å². The van der Waals surface area contributed by atoms with E-state index in [1.54, 1.807) is 65.9 Å². The zero-order valence-electron chi connectivity index (χ0n) is 62.2. The van der Waals surface area contributed by atoms with Gasteiger partial charge < -0.3 is 45.0 Å². The largest absolute Gasteiger partial charge is 1.00 e. The number of nitriles is 2. The predicted molar refractivity (Wildman–Crippen MR) is 403 cm³/mol. The summed E-state index contributed by atoms with van der Waals surface area (Å²) in [5.74, 6) is 6.10. The molecular formula is C77H85IN18O11SSi. The number of allylic oxidation sites excluding steroid dienone is 1. The van der Waals surface area contributed by atoms with Crippen molar-refractivity contribution in [3.8, 4) is 58.4 Å². The van der Waals surface area contributed by atoms with E-state index >= 15 is 0 Å². The summed E-state index contributed by atoms with van der Waals surface area (Å²) >= 11 is 0. The molecule has 0 saturated heterocycles. The number of benzene rings is 2. The van der Waals surface area contributed by atoms with E-state index in [-0.39, 0.29) is 72.1 Å². The lowest BCUT2D eigenvalue weighted by Gasteiger charge is -2.36. The number of pyridine rings is 4. The summed E-state index contributed by atoms with van der Waals surface area (Å²) in [6.45, 7) is 19.3. The van der Waals surface area contributed by atoms with Crippen molar-refractivity contribution in [1.82, 2.24) is 54.9 Å². The Morgan fingerprint density at radius 2 is 1.09 bits per heavy atom. The van der Waals surface area contributed by atoms with E-state index in [9.17, 15) is 4.21 Å². The van der Waals surface area contributed by atoms with Gasteiger partial charge in [-0.2, -0.15) is 48.9 Å². The van der Waals surface area contributed by atoms with Crippen LogP contribution in [0.25, 0.3) is 50.4 Å². The van der Waals surface area contributed by atoms with E-state index < -0.39 is 18.3 Å². The van der Waals surface area contributed by atoms with Crippen LogP contribution >= 0.6 is 0 Å². The molecule has 3 fully saturated rings. The normalized spacial score (nSPS) is 14.2. The van der Waals surface area contributed by atoms with Crippen LogP contribution in [0.15, 0.2) is 151 Å². The van der Waals surface area contributed by atoms with Gasteiger partial charge in [-0.05, 0) is 159 Å². The fourth-order valence-corrected chi connectivity index (χ4v) is 10.2. The molecular weight excluding hydrogens is 1540 g/mol. The average molecular weight is 1630 g/mol. The number of anilines is 2. The van der Waals surface area contributed by atoms with Gasteiger partial charge in [0.25, 0.3) is 0 Å². The van der Waals surface area contributed by atoms with Crippen LogP contribution in [-0.4, -0.2) is 112 Å². The number of aliphatic hydroxyl groups excluding tert-OH is 1. The molecule has 2 aromatic carbocycles. The fraction of sp³-hybridized carbons (Fsp3) is 0.325. The van der Waals surface area contributed by atoms with Crippen LogP contribution in [0.2, 0.25) is 18.1 Å². The Morgan fingerprint density at radius 3 is 1.56 bits per heavy atom. The third kappa shape index (κ3) is 35.8. The van der Waals surface area contributed by atoms with E-state index in [1.807, 2.05) is 110 Å². The van der Waals surface area contributed by atoms with Crippen LogP contribution in [-0.2, 0) is 83.2 Å². The number of azide groups is 1. The molecule has 3 aliphatic rings. The third-order valence-electron chi connectivity index (χ3n) is 15.8. The van der Waals surface area contributed by atoms with E-state index in [0.29, 0.717) is 77.0 Å². The standard InChI is InChI=1S/C22H18N8.C15H25NOSi.C13H8N4.C10H12N4.C10H13NO.C3H9OS.4CO2.HI/c23-11-14-3-1-4-16(9-14)19-10-20(27-22(24)26-19)21-13-30(29-28-21)12-17-5-2-6-18(25-17)15-7-8-15;1-7-9-13-10-8-11-14(16-13)12-17-18(5,6)15(2,3)4;1-2-11-7-12(17-13(15)16-11)10-5-3-4-9(6-10)8-14;1-7-5-9(7)10-4-2-3-8(13-10)6-12-14-11;1-7-5-9(7)10-4-2-3-8(6-12)11-10;1-5(2,3)4;4*2-1-3;/h1-6,9-10,13,15H,7-8,12H2,(H2,24,26,27);7-11H,12H2,1-6H3;1,3-7H,(H2,15,16,17);2-4,7,9H,5-6H2,1H3;2-4,7,9,12H,5-6H2,1H3;1-3H3;;;;;1H/q;;;;;+1;;;;;/p-1/b;9-7+;;;;;;;;;. The van der Waals surface area contributed by atoms with Crippen LogP contribution in [0.4, 0.5) is 11.9 Å². The summed E-state index contributed by atoms with van der Waals surface area (Å²) in [5.41, 5.74) is 33.3. The average Bonchev–Trinajstić information content (AvgIpc) is 1.34. The van der Waals surface area contributed by atoms with Gasteiger partial charge in [0.15, 0.2) is 8.32 Å². The summed E-state index contributed by atoms with van der Waals surface area (Å²) in [4.78, 5) is 102. The van der Waals surface area contributed by atoms with Gasteiger partial charge in [0.2, 0.25) is 11.9 Å². The lowest BCUT2D eigenvalue weighted by Crippen LogP contribution is -3.00. The first-order chi connectivity index (χ1) is 51.4. The van der Waals surface area contributed by atoms with Crippen molar-refractivity contribution < 1.29 is 76.1 Å². The molecule has 32 heteroatoms. The molecule has 4 atom stereocenters. The lowest BCUT2D eigenvalue weighted by atomic mass is 10.1. The highest BCUT2D eigenvalue weighted by molar-refractivity contribution is 8.00. The maximum atomic E-state index is 10.2. The minimum atomic E-state index is -1.68. The highest BCUT2D eigenvalue weighted by Gasteiger charge is 2.38. The Bertz CT molecular complexity index is 4770.